The highest BCUT2D eigenvalue weighted by molar-refractivity contribution is 5.57. The average Bonchev–Trinajstić information content (AvgIpc) is 2.36. The van der Waals surface area contributed by atoms with Gasteiger partial charge in [0.1, 0.15) is 11.9 Å². The van der Waals surface area contributed by atoms with Gasteiger partial charge in [0.15, 0.2) is 0 Å². The van der Waals surface area contributed by atoms with Gasteiger partial charge in [-0.25, -0.2) is 0 Å². The molecule has 2 nitrogen and oxygen atoms in total. The number of benzene rings is 1. The summed E-state index contributed by atoms with van der Waals surface area (Å²) in [5.41, 5.74) is 3.40. The van der Waals surface area contributed by atoms with Crippen LogP contribution in [0.5, 0.6) is 0 Å². The number of aliphatic hydroxyl groups excluding tert-OH is 2. The van der Waals surface area contributed by atoms with Gasteiger partial charge in [-0.1, -0.05) is 48.1 Å². The van der Waals surface area contributed by atoms with Crippen molar-refractivity contribution >= 4 is 6.08 Å². The number of hydrogen-bond acceptors (Lipinski definition) is 2. The molecule has 19 heavy (non-hydrogen) atoms. The number of allylic oxidation sites excluding steroid dienone is 4. The SMILES string of the molecule is CC(C)=C1C(O)=CC(/C=C/c2ccccc2)=CC1O. The number of hydrogen-bond donors (Lipinski definition) is 2. The summed E-state index contributed by atoms with van der Waals surface area (Å²) < 4.78 is 0. The van der Waals surface area contributed by atoms with Crippen LogP contribution in [0.4, 0.5) is 0 Å². The van der Waals surface area contributed by atoms with Gasteiger partial charge in [-0.2, -0.15) is 0 Å². The van der Waals surface area contributed by atoms with Gasteiger partial charge in [0.2, 0.25) is 0 Å². The predicted octanol–water partition coefficient (Wildman–Crippen LogP) is 3.78. The molecule has 0 aliphatic heterocycles. The monoisotopic (exact) mass is 254 g/mol. The molecule has 98 valence electrons. The van der Waals surface area contributed by atoms with E-state index in [-0.39, 0.29) is 5.76 Å². The highest BCUT2D eigenvalue weighted by atomic mass is 16.3. The van der Waals surface area contributed by atoms with Crippen molar-refractivity contribution in [1.29, 1.82) is 0 Å². The van der Waals surface area contributed by atoms with E-state index >= 15 is 0 Å². The molecule has 0 bridgehead atoms. The summed E-state index contributed by atoms with van der Waals surface area (Å²) in [7, 11) is 0. The van der Waals surface area contributed by atoms with E-state index in [0.717, 1.165) is 16.7 Å². The highest BCUT2D eigenvalue weighted by Crippen LogP contribution is 2.25. The molecule has 1 aliphatic rings. The second-order valence-corrected chi connectivity index (χ2v) is 4.80. The minimum atomic E-state index is -0.745. The molecule has 0 fully saturated rings. The summed E-state index contributed by atoms with van der Waals surface area (Å²) in [6.45, 7) is 3.75. The predicted molar refractivity (Wildman–Crippen MR) is 78.7 cm³/mol. The van der Waals surface area contributed by atoms with Crippen LogP contribution in [-0.4, -0.2) is 16.3 Å². The first-order chi connectivity index (χ1) is 9.08. The van der Waals surface area contributed by atoms with E-state index in [0.29, 0.717) is 5.57 Å². The molecule has 2 N–H and O–H groups in total. The first kappa shape index (κ1) is 13.4. The second-order valence-electron chi connectivity index (χ2n) is 4.80. The quantitative estimate of drug-likeness (QED) is 0.843. The van der Waals surface area contributed by atoms with Crippen molar-refractivity contribution in [2.45, 2.75) is 20.0 Å². The van der Waals surface area contributed by atoms with Crippen molar-refractivity contribution in [1.82, 2.24) is 0 Å². The summed E-state index contributed by atoms with van der Waals surface area (Å²) in [4.78, 5) is 0. The van der Waals surface area contributed by atoms with Crippen LogP contribution in [0.2, 0.25) is 0 Å². The van der Waals surface area contributed by atoms with Crippen LogP contribution in [0.25, 0.3) is 6.08 Å². The maximum atomic E-state index is 10.0. The van der Waals surface area contributed by atoms with Crippen LogP contribution in [0.15, 0.2) is 71.0 Å². The molecule has 2 rings (SSSR count). The summed E-state index contributed by atoms with van der Waals surface area (Å²) in [6, 6.07) is 9.91. The minimum absolute atomic E-state index is 0.141. The third kappa shape index (κ3) is 3.24. The molecule has 1 atom stereocenters. The van der Waals surface area contributed by atoms with E-state index in [9.17, 15) is 10.2 Å². The first-order valence-electron chi connectivity index (χ1n) is 6.29. The van der Waals surface area contributed by atoms with E-state index in [4.69, 9.17) is 0 Å². The van der Waals surface area contributed by atoms with Gasteiger partial charge in [-0.3, -0.25) is 0 Å². The molecule has 1 unspecified atom stereocenters. The molecule has 0 aromatic heterocycles. The van der Waals surface area contributed by atoms with Crippen LogP contribution in [-0.2, 0) is 0 Å². The Labute approximate surface area is 113 Å². The Morgan fingerprint density at radius 3 is 2.37 bits per heavy atom. The van der Waals surface area contributed by atoms with Gasteiger partial charge >= 0.3 is 0 Å². The highest BCUT2D eigenvalue weighted by Gasteiger charge is 2.18. The molecule has 0 saturated carbocycles. The van der Waals surface area contributed by atoms with Crippen LogP contribution >= 0.6 is 0 Å². The Morgan fingerprint density at radius 1 is 1.11 bits per heavy atom. The Morgan fingerprint density at radius 2 is 1.79 bits per heavy atom. The van der Waals surface area contributed by atoms with E-state index in [1.165, 1.54) is 0 Å². The first-order valence-corrected chi connectivity index (χ1v) is 6.29. The zero-order valence-electron chi connectivity index (χ0n) is 11.2. The summed E-state index contributed by atoms with van der Waals surface area (Å²) in [6.07, 6.45) is 6.51. The average molecular weight is 254 g/mol. The van der Waals surface area contributed by atoms with E-state index in [1.54, 1.807) is 12.2 Å². The van der Waals surface area contributed by atoms with E-state index < -0.39 is 6.10 Å². The molecule has 1 aromatic rings. The topological polar surface area (TPSA) is 40.5 Å². The molecular formula is C17H18O2. The van der Waals surface area contributed by atoms with Crippen LogP contribution in [0, 0.1) is 0 Å². The molecule has 0 heterocycles. The fourth-order valence-electron chi connectivity index (χ4n) is 2.11. The molecule has 0 radical (unpaired) electrons. The minimum Gasteiger partial charge on any atom is -0.508 e. The molecule has 0 amide bonds. The van der Waals surface area contributed by atoms with Crippen LogP contribution in [0.3, 0.4) is 0 Å². The molecule has 1 aliphatic carbocycles. The summed E-state index contributed by atoms with van der Waals surface area (Å²) in [5.74, 6) is 0.141. The van der Waals surface area contributed by atoms with Crippen LogP contribution < -0.4 is 0 Å². The largest absolute Gasteiger partial charge is 0.508 e. The van der Waals surface area contributed by atoms with Gasteiger partial charge in [-0.15, -0.1) is 0 Å². The Hall–Kier alpha value is -2.06. The second kappa shape index (κ2) is 5.72. The van der Waals surface area contributed by atoms with Crippen molar-refractivity contribution in [3.05, 3.63) is 76.6 Å². The molecule has 2 heteroatoms. The maximum absolute atomic E-state index is 10.0. The molecule has 0 spiro atoms. The molecule has 1 aromatic carbocycles. The standard InChI is InChI=1S/C17H18O2/c1-12(2)17-15(18)10-14(11-16(17)19)9-8-13-6-4-3-5-7-13/h3-11,15,18-19H,1-2H3/b9-8+. The fraction of sp³-hybridized carbons (Fsp3) is 0.176. The van der Waals surface area contributed by atoms with E-state index in [2.05, 4.69) is 0 Å². The normalized spacial score (nSPS) is 19.3. The maximum Gasteiger partial charge on any atom is 0.122 e. The van der Waals surface area contributed by atoms with Crippen molar-refractivity contribution in [2.75, 3.05) is 0 Å². The lowest BCUT2D eigenvalue weighted by molar-refractivity contribution is 0.244. The fourth-order valence-corrected chi connectivity index (χ4v) is 2.11. The van der Waals surface area contributed by atoms with E-state index in [1.807, 2.05) is 56.3 Å². The van der Waals surface area contributed by atoms with Gasteiger partial charge < -0.3 is 10.2 Å². The zero-order valence-corrected chi connectivity index (χ0v) is 11.2. The third-order valence-electron chi connectivity index (χ3n) is 3.03. The third-order valence-corrected chi connectivity index (χ3v) is 3.03. The lowest BCUT2D eigenvalue weighted by atomic mass is 9.94. The van der Waals surface area contributed by atoms with Crippen LogP contribution in [0.1, 0.15) is 19.4 Å². The molecule has 0 saturated heterocycles. The lowest BCUT2D eigenvalue weighted by Gasteiger charge is -2.18. The number of rotatable bonds is 2. The van der Waals surface area contributed by atoms with Gasteiger partial charge in [0.05, 0.1) is 0 Å². The van der Waals surface area contributed by atoms with Gasteiger partial charge in [-0.05, 0) is 37.1 Å². The Kier molecular flexibility index (Phi) is 4.03. The molecular weight excluding hydrogens is 236 g/mol. The van der Waals surface area contributed by atoms with Crippen molar-refractivity contribution in [3.8, 4) is 0 Å². The van der Waals surface area contributed by atoms with Crippen molar-refractivity contribution in [2.24, 2.45) is 0 Å². The zero-order chi connectivity index (χ0) is 13.8. The van der Waals surface area contributed by atoms with Crippen molar-refractivity contribution < 1.29 is 10.2 Å². The number of aliphatic hydroxyl groups is 2. The Balaban J connectivity index is 2.23. The van der Waals surface area contributed by atoms with Crippen molar-refractivity contribution in [3.63, 3.8) is 0 Å². The van der Waals surface area contributed by atoms with Gasteiger partial charge in [0.25, 0.3) is 0 Å². The smallest absolute Gasteiger partial charge is 0.122 e. The summed E-state index contributed by atoms with van der Waals surface area (Å²) in [5, 5.41) is 20.0. The Bertz CT molecular complexity index is 571. The van der Waals surface area contributed by atoms with Gasteiger partial charge in [0, 0.05) is 5.57 Å². The summed E-state index contributed by atoms with van der Waals surface area (Å²) >= 11 is 0. The lowest BCUT2D eigenvalue weighted by Crippen LogP contribution is -2.14.